The number of halogens is 1. The van der Waals surface area contributed by atoms with Crippen molar-refractivity contribution in [1.29, 1.82) is 0 Å². The Morgan fingerprint density at radius 2 is 1.78 bits per heavy atom. The molecule has 2 fully saturated rings. The number of aromatic nitrogens is 3. The fraction of sp³-hybridized carbons (Fsp3) is 0.436. The number of benzene rings is 2. The fourth-order valence-corrected chi connectivity index (χ4v) is 9.04. The molecule has 2 saturated heterocycles. The number of aryl methyl sites for hydroxylation is 2. The number of amides is 1. The van der Waals surface area contributed by atoms with Crippen LogP contribution in [-0.4, -0.2) is 86.4 Å². The summed E-state index contributed by atoms with van der Waals surface area (Å²) in [5.41, 5.74) is 6.31. The lowest BCUT2D eigenvalue weighted by molar-refractivity contribution is -0.160. The van der Waals surface area contributed by atoms with Crippen LogP contribution in [0.3, 0.4) is 0 Å². The van der Waals surface area contributed by atoms with Gasteiger partial charge in [-0.15, -0.1) is 11.3 Å². The maximum atomic E-state index is 12.8. The number of hydrogen-bond donors (Lipinski definition) is 1. The van der Waals surface area contributed by atoms with E-state index in [-0.39, 0.29) is 6.09 Å². The SMILES string of the molecule is COC(=O)N1CC[C@H](N2CCC(c3cn(C)c4ncc(-c5nc6cc(C)c(C(OC(C)(C)C)C(=O)O)c(-c7ccc(Cl)cc7)c6s5)cc34)CC2)C1. The van der Waals surface area contributed by atoms with Crippen LogP contribution in [0.5, 0.6) is 0 Å². The van der Waals surface area contributed by atoms with Crippen LogP contribution in [0.2, 0.25) is 5.02 Å². The van der Waals surface area contributed by atoms with Gasteiger partial charge in [0.15, 0.2) is 6.10 Å². The second-order valence-corrected chi connectivity index (χ2v) is 16.2. The number of thiazole rings is 1. The topological polar surface area (TPSA) is 110 Å². The Morgan fingerprint density at radius 3 is 2.45 bits per heavy atom. The smallest absolute Gasteiger partial charge is 0.409 e. The molecular weight excluding hydrogens is 686 g/mol. The first-order valence-corrected chi connectivity index (χ1v) is 18.6. The van der Waals surface area contributed by atoms with E-state index >= 15 is 0 Å². The summed E-state index contributed by atoms with van der Waals surface area (Å²) in [6.45, 7) is 11.0. The largest absolute Gasteiger partial charge is 0.479 e. The van der Waals surface area contributed by atoms with E-state index in [0.29, 0.717) is 22.5 Å². The lowest BCUT2D eigenvalue weighted by Gasteiger charge is -2.35. The number of fused-ring (bicyclic) bond motifs is 2. The van der Waals surface area contributed by atoms with Crippen LogP contribution in [0, 0.1) is 6.92 Å². The molecule has 51 heavy (non-hydrogen) atoms. The van der Waals surface area contributed by atoms with Crippen molar-refractivity contribution < 1.29 is 24.2 Å². The summed E-state index contributed by atoms with van der Waals surface area (Å²) in [7, 11) is 3.49. The first kappa shape index (κ1) is 35.4. The molecule has 268 valence electrons. The molecule has 0 bridgehead atoms. The van der Waals surface area contributed by atoms with Crippen molar-refractivity contribution in [2.75, 3.05) is 33.3 Å². The molecule has 1 unspecified atom stereocenters. The molecule has 3 aromatic heterocycles. The summed E-state index contributed by atoms with van der Waals surface area (Å²) in [4.78, 5) is 39.2. The van der Waals surface area contributed by atoms with Crippen molar-refractivity contribution in [2.45, 2.75) is 70.6 Å². The Hall–Kier alpha value is -4.03. The van der Waals surface area contributed by atoms with Crippen molar-refractivity contribution in [2.24, 2.45) is 7.05 Å². The summed E-state index contributed by atoms with van der Waals surface area (Å²) in [5, 5.41) is 13.0. The molecule has 2 aliphatic rings. The van der Waals surface area contributed by atoms with E-state index in [2.05, 4.69) is 21.7 Å². The van der Waals surface area contributed by atoms with Gasteiger partial charge in [0.2, 0.25) is 0 Å². The normalized spacial score (nSPS) is 18.2. The molecule has 5 aromatic rings. The van der Waals surface area contributed by atoms with Crippen molar-refractivity contribution in [3.63, 3.8) is 0 Å². The minimum absolute atomic E-state index is 0.240. The van der Waals surface area contributed by atoms with Crippen LogP contribution in [0.1, 0.15) is 68.7 Å². The number of pyridine rings is 1. The number of hydrogen-bond acceptors (Lipinski definition) is 8. The number of likely N-dealkylation sites (tertiary alicyclic amines) is 2. The van der Waals surface area contributed by atoms with Crippen LogP contribution in [0.4, 0.5) is 4.79 Å². The number of methoxy groups -OCH3 is 1. The molecule has 7 rings (SSSR count). The first-order chi connectivity index (χ1) is 24.3. The molecule has 0 aliphatic carbocycles. The van der Waals surface area contributed by atoms with E-state index in [4.69, 9.17) is 31.0 Å². The first-order valence-electron chi connectivity index (χ1n) is 17.4. The van der Waals surface area contributed by atoms with Gasteiger partial charge in [0, 0.05) is 65.7 Å². The Balaban J connectivity index is 1.24. The number of aliphatic carboxylic acids is 1. The number of piperidine rings is 1. The van der Waals surface area contributed by atoms with Gasteiger partial charge in [0.05, 0.1) is 22.9 Å². The van der Waals surface area contributed by atoms with Gasteiger partial charge in [-0.1, -0.05) is 23.7 Å². The Labute approximate surface area is 306 Å². The minimum atomic E-state index is -1.18. The summed E-state index contributed by atoms with van der Waals surface area (Å²) in [5.74, 6) is -0.649. The zero-order chi connectivity index (χ0) is 36.2. The van der Waals surface area contributed by atoms with Crippen LogP contribution in [0.25, 0.3) is 42.9 Å². The number of carboxylic acid groups (broad SMARTS) is 1. The minimum Gasteiger partial charge on any atom is -0.479 e. The molecule has 0 saturated carbocycles. The molecule has 2 aliphatic heterocycles. The second kappa shape index (κ2) is 13.8. The van der Waals surface area contributed by atoms with Gasteiger partial charge in [0.1, 0.15) is 10.7 Å². The lowest BCUT2D eigenvalue weighted by atomic mass is 9.88. The van der Waals surface area contributed by atoms with Crippen LogP contribution >= 0.6 is 22.9 Å². The van der Waals surface area contributed by atoms with Crippen molar-refractivity contribution >= 4 is 56.3 Å². The number of carbonyl (C=O) groups excluding carboxylic acids is 1. The van der Waals surface area contributed by atoms with Crippen LogP contribution in [0.15, 0.2) is 48.8 Å². The van der Waals surface area contributed by atoms with E-state index in [1.54, 1.807) is 4.90 Å². The van der Waals surface area contributed by atoms with Gasteiger partial charge >= 0.3 is 12.1 Å². The van der Waals surface area contributed by atoms with E-state index in [1.165, 1.54) is 24.0 Å². The molecule has 10 nitrogen and oxygen atoms in total. The van der Waals surface area contributed by atoms with Gasteiger partial charge in [-0.25, -0.2) is 19.6 Å². The standard InChI is InChI=1S/C39H44ClN5O5S/c1-22-17-30-34(32(24-7-9-26(40)10-8-24)31(22)33(37(46)47)50-39(2,3)4)51-36(42-30)25-18-28-29(21-43(5)35(28)41-19-25)23-11-14-44(15-12-23)27-13-16-45(20-27)38(48)49-6/h7-10,17-19,21,23,27,33H,11-16,20H2,1-6H3,(H,46,47)/t27-,33?/m0/s1. The number of carboxylic acids is 1. The Kier molecular flexibility index (Phi) is 9.60. The molecule has 2 aromatic carbocycles. The zero-order valence-electron chi connectivity index (χ0n) is 29.9. The van der Waals surface area contributed by atoms with E-state index in [0.717, 1.165) is 94.0 Å². The molecule has 0 spiro atoms. The second-order valence-electron chi connectivity index (χ2n) is 14.8. The molecule has 0 radical (unpaired) electrons. The maximum Gasteiger partial charge on any atom is 0.409 e. The average Bonchev–Trinajstić information content (AvgIpc) is 3.84. The number of rotatable bonds is 7. The van der Waals surface area contributed by atoms with Gasteiger partial charge in [-0.2, -0.15) is 0 Å². The summed E-state index contributed by atoms with van der Waals surface area (Å²) >= 11 is 7.83. The molecule has 2 atom stereocenters. The summed E-state index contributed by atoms with van der Waals surface area (Å²) in [6, 6.07) is 12.0. The van der Waals surface area contributed by atoms with Gasteiger partial charge in [-0.05, 0) is 107 Å². The highest BCUT2D eigenvalue weighted by molar-refractivity contribution is 7.22. The third-order valence-corrected chi connectivity index (χ3v) is 11.6. The quantitative estimate of drug-likeness (QED) is 0.178. The monoisotopic (exact) mass is 729 g/mol. The predicted octanol–water partition coefficient (Wildman–Crippen LogP) is 8.44. The highest BCUT2D eigenvalue weighted by Crippen LogP contribution is 2.45. The molecular formula is C39H44ClN5O5S. The van der Waals surface area contributed by atoms with E-state index in [1.807, 2.05) is 71.3 Å². The number of ether oxygens (including phenoxy) is 2. The number of nitrogens with zero attached hydrogens (tertiary/aromatic N) is 5. The number of carbonyl (C=O) groups is 2. The fourth-order valence-electron chi connectivity index (χ4n) is 7.81. The molecule has 1 amide bonds. The summed E-state index contributed by atoms with van der Waals surface area (Å²) in [6.07, 6.45) is 5.74. The van der Waals surface area contributed by atoms with E-state index < -0.39 is 17.7 Å². The molecule has 1 N–H and O–H groups in total. The molecule has 5 heterocycles. The van der Waals surface area contributed by atoms with Gasteiger partial charge in [-0.3, -0.25) is 4.90 Å². The highest BCUT2D eigenvalue weighted by atomic mass is 35.5. The van der Waals surface area contributed by atoms with Crippen LogP contribution < -0.4 is 0 Å². The molecule has 12 heteroatoms. The van der Waals surface area contributed by atoms with Crippen LogP contribution in [-0.2, 0) is 21.3 Å². The average molecular weight is 730 g/mol. The van der Waals surface area contributed by atoms with Gasteiger partial charge < -0.3 is 24.0 Å². The van der Waals surface area contributed by atoms with Crippen molar-refractivity contribution in [1.82, 2.24) is 24.3 Å². The maximum absolute atomic E-state index is 12.8. The Bertz CT molecular complexity index is 2110. The predicted molar refractivity (Wildman–Crippen MR) is 202 cm³/mol. The summed E-state index contributed by atoms with van der Waals surface area (Å²) < 4.78 is 14.1. The Morgan fingerprint density at radius 1 is 1.06 bits per heavy atom. The van der Waals surface area contributed by atoms with Crippen molar-refractivity contribution in [3.8, 4) is 21.7 Å². The zero-order valence-corrected chi connectivity index (χ0v) is 31.5. The van der Waals surface area contributed by atoms with Gasteiger partial charge in [0.25, 0.3) is 0 Å². The highest BCUT2D eigenvalue weighted by Gasteiger charge is 2.35. The third-order valence-electron chi connectivity index (χ3n) is 10.2. The van der Waals surface area contributed by atoms with Crippen molar-refractivity contribution in [3.05, 3.63) is 70.5 Å². The lowest BCUT2D eigenvalue weighted by Crippen LogP contribution is -2.43. The third kappa shape index (κ3) is 6.96. The van der Waals surface area contributed by atoms with E-state index in [9.17, 15) is 14.7 Å².